The van der Waals surface area contributed by atoms with E-state index in [0.29, 0.717) is 19.3 Å². The minimum absolute atomic E-state index is 0.0748. The number of rotatable bonds is 56. The first-order valence-corrected chi connectivity index (χ1v) is 30.5. The van der Waals surface area contributed by atoms with Gasteiger partial charge in [-0.05, 0) is 70.6 Å². The Balaban J connectivity index is 4.33. The number of unbranched alkanes of at least 4 members (excludes halogenated alkanes) is 40. The minimum atomic E-state index is -0.777. The number of hydrogen-bond acceptors (Lipinski definition) is 6. The average Bonchev–Trinajstić information content (AvgIpc) is 3.35. The number of hydrogen-bond donors (Lipinski definition) is 0. The maximum atomic E-state index is 12.9. The molecule has 0 radical (unpaired) electrons. The third-order valence-corrected chi connectivity index (χ3v) is 13.6. The molecule has 1 unspecified atom stereocenters. The van der Waals surface area contributed by atoms with E-state index >= 15 is 0 Å². The largest absolute Gasteiger partial charge is 0.462 e. The van der Waals surface area contributed by atoms with Crippen LogP contribution in [0.2, 0.25) is 0 Å². The van der Waals surface area contributed by atoms with Crippen LogP contribution in [0.25, 0.3) is 0 Å². The van der Waals surface area contributed by atoms with Crippen LogP contribution in [0.1, 0.15) is 329 Å². The zero-order valence-electron chi connectivity index (χ0n) is 46.3. The van der Waals surface area contributed by atoms with E-state index in [1.54, 1.807) is 0 Å². The van der Waals surface area contributed by atoms with Crippen molar-refractivity contribution in [2.45, 2.75) is 335 Å². The molecule has 404 valence electrons. The molecule has 1 atom stereocenters. The fraction of sp³-hybridized carbons (Fsp3) is 0.857. The normalized spacial score (nSPS) is 12.2. The van der Waals surface area contributed by atoms with E-state index in [9.17, 15) is 14.4 Å². The van der Waals surface area contributed by atoms with Gasteiger partial charge in [-0.25, -0.2) is 0 Å². The monoisotopic (exact) mass is 969 g/mol. The van der Waals surface area contributed by atoms with E-state index in [0.717, 1.165) is 70.6 Å². The fourth-order valence-electron chi connectivity index (χ4n) is 9.02. The van der Waals surface area contributed by atoms with Crippen LogP contribution >= 0.6 is 0 Å². The molecule has 6 nitrogen and oxygen atoms in total. The van der Waals surface area contributed by atoms with Gasteiger partial charge in [-0.15, -0.1) is 0 Å². The Labute approximate surface area is 429 Å². The highest BCUT2D eigenvalue weighted by molar-refractivity contribution is 5.71. The summed E-state index contributed by atoms with van der Waals surface area (Å²) in [5.74, 6) is -0.873. The van der Waals surface area contributed by atoms with Gasteiger partial charge in [0.15, 0.2) is 6.10 Å². The molecule has 0 aromatic heterocycles. The van der Waals surface area contributed by atoms with E-state index in [2.05, 4.69) is 57.2 Å². The minimum Gasteiger partial charge on any atom is -0.462 e. The average molecular weight is 970 g/mol. The highest BCUT2D eigenvalue weighted by Gasteiger charge is 2.19. The zero-order chi connectivity index (χ0) is 50.0. The quantitative estimate of drug-likeness (QED) is 0.0199. The molecule has 0 saturated heterocycles. The summed E-state index contributed by atoms with van der Waals surface area (Å²) in [6, 6.07) is 0. The third kappa shape index (κ3) is 56.4. The van der Waals surface area contributed by atoms with Crippen LogP contribution < -0.4 is 0 Å². The Bertz CT molecular complexity index is 1160. The molecule has 0 aliphatic carbocycles. The number of carbonyl (C=O) groups excluding carboxylic acids is 3. The predicted molar refractivity (Wildman–Crippen MR) is 298 cm³/mol. The fourth-order valence-corrected chi connectivity index (χ4v) is 9.02. The van der Waals surface area contributed by atoms with Crippen LogP contribution in [0.5, 0.6) is 0 Å². The highest BCUT2D eigenvalue weighted by atomic mass is 16.6. The first-order valence-electron chi connectivity index (χ1n) is 30.5. The van der Waals surface area contributed by atoms with Gasteiger partial charge in [-0.3, -0.25) is 14.4 Å². The molecule has 0 bridgehead atoms. The molecule has 6 heteroatoms. The molecule has 0 N–H and O–H groups in total. The van der Waals surface area contributed by atoms with Gasteiger partial charge >= 0.3 is 17.9 Å². The van der Waals surface area contributed by atoms with E-state index in [1.807, 2.05) is 0 Å². The van der Waals surface area contributed by atoms with E-state index in [1.165, 1.54) is 218 Å². The van der Waals surface area contributed by atoms with Crippen LogP contribution in [-0.2, 0) is 28.6 Å². The van der Waals surface area contributed by atoms with Crippen LogP contribution in [0.4, 0.5) is 0 Å². The number of esters is 3. The maximum absolute atomic E-state index is 12.9. The van der Waals surface area contributed by atoms with Gasteiger partial charge in [0.2, 0.25) is 0 Å². The molecule has 69 heavy (non-hydrogen) atoms. The van der Waals surface area contributed by atoms with Gasteiger partial charge in [0.25, 0.3) is 0 Å². The van der Waals surface area contributed by atoms with Gasteiger partial charge < -0.3 is 14.2 Å². The van der Waals surface area contributed by atoms with Crippen LogP contribution in [0.3, 0.4) is 0 Å². The Morgan fingerprint density at radius 3 is 0.855 bits per heavy atom. The molecule has 0 aliphatic heterocycles. The van der Waals surface area contributed by atoms with Crippen molar-refractivity contribution >= 4 is 17.9 Å². The van der Waals surface area contributed by atoms with Crippen LogP contribution in [0.15, 0.2) is 36.5 Å². The molecular formula is C63H116O6. The Kier molecular flexibility index (Phi) is 56.2. The lowest BCUT2D eigenvalue weighted by Crippen LogP contribution is -2.30. The predicted octanol–water partition coefficient (Wildman–Crippen LogP) is 20.4. The molecule has 0 saturated carbocycles. The van der Waals surface area contributed by atoms with E-state index in [-0.39, 0.29) is 31.1 Å². The standard InChI is InChI=1S/C63H116O6/c1-4-7-10-13-16-19-22-25-28-30-32-34-35-38-41-44-47-50-53-56-62(65)68-59-60(58-67-61(64)55-52-49-46-43-40-37-27-24-21-18-15-12-9-6-3)69-63(66)57-54-51-48-45-42-39-36-33-31-29-26-23-20-17-14-11-8-5-2/h16,19,22,25,37,40,60H,4-15,17-18,20-21,23-24,26-36,38-39,41-59H2,1-3H3/b19-16-,25-22-,40-37-. The second kappa shape index (κ2) is 58.2. The Morgan fingerprint density at radius 2 is 0.522 bits per heavy atom. The van der Waals surface area contributed by atoms with Crippen molar-refractivity contribution in [2.24, 2.45) is 0 Å². The number of carbonyl (C=O) groups is 3. The van der Waals surface area contributed by atoms with Gasteiger partial charge in [-0.1, -0.05) is 276 Å². The first-order chi connectivity index (χ1) is 34.0. The second-order valence-electron chi connectivity index (χ2n) is 20.6. The zero-order valence-corrected chi connectivity index (χ0v) is 46.3. The molecule has 0 rings (SSSR count). The summed E-state index contributed by atoms with van der Waals surface area (Å²) in [5.41, 5.74) is 0. The lowest BCUT2D eigenvalue weighted by Gasteiger charge is -2.18. The summed E-state index contributed by atoms with van der Waals surface area (Å²) in [6.45, 7) is 6.64. The SMILES string of the molecule is CCCCC/C=C\C=C/CCCCCCCCCCCCC(=O)OCC(COC(=O)CCCCC/C=C\CCCCCCCCC)OC(=O)CCCCCCCCCCCCCCCCCCCC. The smallest absolute Gasteiger partial charge is 0.306 e. The summed E-state index contributed by atoms with van der Waals surface area (Å²) in [4.78, 5) is 38.2. The van der Waals surface area contributed by atoms with Gasteiger partial charge in [-0.2, -0.15) is 0 Å². The Morgan fingerprint density at radius 1 is 0.290 bits per heavy atom. The molecule has 0 aromatic rings. The van der Waals surface area contributed by atoms with Crippen molar-refractivity contribution in [3.8, 4) is 0 Å². The van der Waals surface area contributed by atoms with Crippen LogP contribution in [0, 0.1) is 0 Å². The Hall–Kier alpha value is -2.37. The van der Waals surface area contributed by atoms with E-state index < -0.39 is 6.10 Å². The number of ether oxygens (including phenoxy) is 3. The molecule has 0 fully saturated rings. The van der Waals surface area contributed by atoms with Gasteiger partial charge in [0, 0.05) is 19.3 Å². The number of allylic oxidation sites excluding steroid dienone is 6. The van der Waals surface area contributed by atoms with Crippen molar-refractivity contribution in [3.63, 3.8) is 0 Å². The van der Waals surface area contributed by atoms with Crippen molar-refractivity contribution in [1.29, 1.82) is 0 Å². The molecule has 0 aromatic carbocycles. The van der Waals surface area contributed by atoms with Crippen molar-refractivity contribution in [2.75, 3.05) is 13.2 Å². The first kappa shape index (κ1) is 66.6. The maximum Gasteiger partial charge on any atom is 0.306 e. The highest BCUT2D eigenvalue weighted by Crippen LogP contribution is 2.17. The molecule has 0 amide bonds. The van der Waals surface area contributed by atoms with Crippen LogP contribution in [-0.4, -0.2) is 37.2 Å². The van der Waals surface area contributed by atoms with Crippen molar-refractivity contribution in [3.05, 3.63) is 36.5 Å². The third-order valence-electron chi connectivity index (χ3n) is 13.6. The lowest BCUT2D eigenvalue weighted by molar-refractivity contribution is -0.167. The summed E-state index contributed by atoms with van der Waals surface area (Å²) < 4.78 is 16.9. The molecule has 0 heterocycles. The lowest BCUT2D eigenvalue weighted by atomic mass is 10.0. The second-order valence-corrected chi connectivity index (χ2v) is 20.6. The van der Waals surface area contributed by atoms with Gasteiger partial charge in [0.1, 0.15) is 13.2 Å². The summed E-state index contributed by atoms with van der Waals surface area (Å²) >= 11 is 0. The molecule has 0 aliphatic rings. The summed E-state index contributed by atoms with van der Waals surface area (Å²) in [6.07, 6.45) is 69.9. The summed E-state index contributed by atoms with van der Waals surface area (Å²) in [5, 5.41) is 0. The molecule has 0 spiro atoms. The van der Waals surface area contributed by atoms with Crippen molar-refractivity contribution < 1.29 is 28.6 Å². The van der Waals surface area contributed by atoms with E-state index in [4.69, 9.17) is 14.2 Å². The topological polar surface area (TPSA) is 78.9 Å². The van der Waals surface area contributed by atoms with Gasteiger partial charge in [0.05, 0.1) is 0 Å². The van der Waals surface area contributed by atoms with Crippen molar-refractivity contribution in [1.82, 2.24) is 0 Å². The summed E-state index contributed by atoms with van der Waals surface area (Å²) in [7, 11) is 0. The molecular weight excluding hydrogens is 853 g/mol.